The van der Waals surface area contributed by atoms with Gasteiger partial charge in [-0.05, 0) is 51.1 Å². The number of hydrogen-bond donors (Lipinski definition) is 2. The van der Waals surface area contributed by atoms with Gasteiger partial charge in [-0.25, -0.2) is 0 Å². The monoisotopic (exact) mass is 275 g/mol. The summed E-state index contributed by atoms with van der Waals surface area (Å²) in [7, 11) is 2.01. The highest BCUT2D eigenvalue weighted by molar-refractivity contribution is 5.92. The fraction of sp³-hybridized carbons (Fsp3) is 0.562. The van der Waals surface area contributed by atoms with Gasteiger partial charge in [-0.15, -0.1) is 0 Å². The average molecular weight is 275 g/mol. The van der Waals surface area contributed by atoms with E-state index in [1.165, 1.54) is 19.3 Å². The van der Waals surface area contributed by atoms with Crippen LogP contribution in [0.2, 0.25) is 0 Å². The second-order valence-electron chi connectivity index (χ2n) is 5.76. The van der Waals surface area contributed by atoms with Crippen molar-refractivity contribution < 1.29 is 4.79 Å². The van der Waals surface area contributed by atoms with E-state index in [-0.39, 0.29) is 5.91 Å². The van der Waals surface area contributed by atoms with Crippen LogP contribution >= 0.6 is 0 Å². The van der Waals surface area contributed by atoms with E-state index in [4.69, 9.17) is 0 Å². The zero-order chi connectivity index (χ0) is 14.4. The van der Waals surface area contributed by atoms with Crippen molar-refractivity contribution in [1.29, 1.82) is 0 Å². The minimum atomic E-state index is 0.0499. The highest BCUT2D eigenvalue weighted by atomic mass is 16.2. The predicted molar refractivity (Wildman–Crippen MR) is 82.9 cm³/mol. The van der Waals surface area contributed by atoms with Gasteiger partial charge in [-0.3, -0.25) is 9.69 Å². The summed E-state index contributed by atoms with van der Waals surface area (Å²) >= 11 is 0. The third kappa shape index (κ3) is 4.94. The molecule has 1 aromatic rings. The van der Waals surface area contributed by atoms with Crippen molar-refractivity contribution in [3.8, 4) is 0 Å². The third-order valence-electron chi connectivity index (χ3n) is 3.66. The first-order valence-electron chi connectivity index (χ1n) is 7.42. The molecule has 2 rings (SSSR count). The Balaban J connectivity index is 1.75. The van der Waals surface area contributed by atoms with Crippen molar-refractivity contribution in [3.63, 3.8) is 0 Å². The Labute approximate surface area is 121 Å². The molecule has 4 nitrogen and oxygen atoms in total. The van der Waals surface area contributed by atoms with Crippen molar-refractivity contribution in [1.82, 2.24) is 10.2 Å². The molecule has 1 aromatic carbocycles. The van der Waals surface area contributed by atoms with E-state index in [1.54, 1.807) is 0 Å². The second kappa shape index (κ2) is 7.41. The Morgan fingerprint density at radius 2 is 2.30 bits per heavy atom. The smallest absolute Gasteiger partial charge is 0.238 e. The summed E-state index contributed by atoms with van der Waals surface area (Å²) in [6.07, 6.45) is 3.78. The first-order valence-corrected chi connectivity index (χ1v) is 7.42. The molecule has 1 heterocycles. The van der Waals surface area contributed by atoms with Crippen LogP contribution in [0.4, 0.5) is 5.69 Å². The van der Waals surface area contributed by atoms with Gasteiger partial charge >= 0.3 is 0 Å². The number of benzene rings is 1. The second-order valence-corrected chi connectivity index (χ2v) is 5.76. The molecule has 0 saturated carbocycles. The lowest BCUT2D eigenvalue weighted by molar-refractivity contribution is -0.117. The largest absolute Gasteiger partial charge is 0.325 e. The lowest BCUT2D eigenvalue weighted by Gasteiger charge is -2.27. The van der Waals surface area contributed by atoms with Crippen molar-refractivity contribution in [2.75, 3.05) is 32.0 Å². The molecule has 1 atom stereocenters. The number of nitrogens with one attached hydrogen (secondary N) is 2. The molecule has 110 valence electrons. The fourth-order valence-corrected chi connectivity index (χ4v) is 2.69. The standard InChI is InChI=1S/C16H25N3O/c1-13-6-5-8-14(10-13)18-16(20)12-19(2)11-15-7-3-4-9-17-15/h5-6,8,10,15,17H,3-4,7,9,11-12H2,1-2H3,(H,18,20). The lowest BCUT2D eigenvalue weighted by atomic mass is 10.0. The molecule has 1 aliphatic rings. The predicted octanol–water partition coefficient (Wildman–Crippen LogP) is 2.01. The Morgan fingerprint density at radius 3 is 3.00 bits per heavy atom. The lowest BCUT2D eigenvalue weighted by Crippen LogP contribution is -2.44. The minimum absolute atomic E-state index is 0.0499. The maximum Gasteiger partial charge on any atom is 0.238 e. The fourth-order valence-electron chi connectivity index (χ4n) is 2.69. The number of amides is 1. The van der Waals surface area contributed by atoms with Gasteiger partial charge in [0.05, 0.1) is 6.54 Å². The Morgan fingerprint density at radius 1 is 1.45 bits per heavy atom. The summed E-state index contributed by atoms with van der Waals surface area (Å²) < 4.78 is 0. The van der Waals surface area contributed by atoms with Crippen molar-refractivity contribution in [3.05, 3.63) is 29.8 Å². The number of hydrogen-bond acceptors (Lipinski definition) is 3. The van der Waals surface area contributed by atoms with E-state index in [9.17, 15) is 4.79 Å². The highest BCUT2D eigenvalue weighted by Gasteiger charge is 2.16. The molecule has 0 spiro atoms. The van der Waals surface area contributed by atoms with Crippen LogP contribution in [0.3, 0.4) is 0 Å². The van der Waals surface area contributed by atoms with E-state index in [0.717, 1.165) is 24.3 Å². The van der Waals surface area contributed by atoms with Crippen molar-refractivity contribution >= 4 is 11.6 Å². The minimum Gasteiger partial charge on any atom is -0.325 e. The number of carbonyl (C=O) groups is 1. The summed E-state index contributed by atoms with van der Waals surface area (Å²) in [5.41, 5.74) is 2.03. The molecule has 1 unspecified atom stereocenters. The number of aryl methyl sites for hydroxylation is 1. The number of likely N-dealkylation sites (N-methyl/N-ethyl adjacent to an activating group) is 1. The molecule has 1 fully saturated rings. The Bertz CT molecular complexity index is 441. The summed E-state index contributed by atoms with van der Waals surface area (Å²) in [5, 5.41) is 6.46. The molecule has 1 saturated heterocycles. The van der Waals surface area contributed by atoms with Crippen LogP contribution in [-0.4, -0.2) is 43.5 Å². The molecular weight excluding hydrogens is 250 g/mol. The zero-order valence-electron chi connectivity index (χ0n) is 12.5. The van der Waals surface area contributed by atoms with Crippen molar-refractivity contribution in [2.24, 2.45) is 0 Å². The van der Waals surface area contributed by atoms with E-state index in [2.05, 4.69) is 15.5 Å². The van der Waals surface area contributed by atoms with Gasteiger partial charge in [0.2, 0.25) is 5.91 Å². The highest BCUT2D eigenvalue weighted by Crippen LogP contribution is 2.10. The topological polar surface area (TPSA) is 44.4 Å². The van der Waals surface area contributed by atoms with Crippen LogP contribution in [-0.2, 0) is 4.79 Å². The van der Waals surface area contributed by atoms with Gasteiger partial charge in [0.15, 0.2) is 0 Å². The van der Waals surface area contributed by atoms with Gasteiger partial charge in [-0.2, -0.15) is 0 Å². The maximum absolute atomic E-state index is 12.0. The normalized spacial score (nSPS) is 19.1. The van der Waals surface area contributed by atoms with Gasteiger partial charge in [-0.1, -0.05) is 18.6 Å². The quantitative estimate of drug-likeness (QED) is 0.864. The first kappa shape index (κ1) is 15.0. The molecule has 2 N–H and O–H groups in total. The molecule has 1 aliphatic heterocycles. The molecule has 0 bridgehead atoms. The van der Waals surface area contributed by atoms with Gasteiger partial charge in [0.1, 0.15) is 0 Å². The summed E-state index contributed by atoms with van der Waals surface area (Å²) in [6, 6.07) is 8.42. The number of rotatable bonds is 5. The summed E-state index contributed by atoms with van der Waals surface area (Å²) in [5.74, 6) is 0.0499. The van der Waals surface area contributed by atoms with Crippen LogP contribution in [0.5, 0.6) is 0 Å². The first-order chi connectivity index (χ1) is 9.63. The van der Waals surface area contributed by atoms with Crippen LogP contribution in [0.1, 0.15) is 24.8 Å². The van der Waals surface area contributed by atoms with E-state index >= 15 is 0 Å². The summed E-state index contributed by atoms with van der Waals surface area (Å²) in [4.78, 5) is 14.1. The van der Waals surface area contributed by atoms with Crippen LogP contribution in [0.25, 0.3) is 0 Å². The number of carbonyl (C=O) groups excluding carboxylic acids is 1. The van der Waals surface area contributed by atoms with Gasteiger partial charge < -0.3 is 10.6 Å². The van der Waals surface area contributed by atoms with E-state index in [1.807, 2.05) is 38.2 Å². The summed E-state index contributed by atoms with van der Waals surface area (Å²) in [6.45, 7) is 4.50. The molecule has 0 aliphatic carbocycles. The average Bonchev–Trinajstić information content (AvgIpc) is 2.39. The van der Waals surface area contributed by atoms with E-state index in [0.29, 0.717) is 12.6 Å². The number of piperidine rings is 1. The van der Waals surface area contributed by atoms with Crippen LogP contribution < -0.4 is 10.6 Å². The molecule has 4 heteroatoms. The van der Waals surface area contributed by atoms with E-state index < -0.39 is 0 Å². The molecule has 20 heavy (non-hydrogen) atoms. The molecule has 1 amide bonds. The molecular formula is C16H25N3O. The third-order valence-corrected chi connectivity index (χ3v) is 3.66. The van der Waals surface area contributed by atoms with Crippen LogP contribution in [0.15, 0.2) is 24.3 Å². The van der Waals surface area contributed by atoms with Gasteiger partial charge in [0, 0.05) is 18.3 Å². The number of nitrogens with zero attached hydrogens (tertiary/aromatic N) is 1. The molecule has 0 radical (unpaired) electrons. The Hall–Kier alpha value is -1.39. The number of anilines is 1. The maximum atomic E-state index is 12.0. The Kier molecular flexibility index (Phi) is 5.56. The molecule has 0 aromatic heterocycles. The van der Waals surface area contributed by atoms with Crippen molar-refractivity contribution in [2.45, 2.75) is 32.2 Å². The van der Waals surface area contributed by atoms with Gasteiger partial charge in [0.25, 0.3) is 0 Å². The van der Waals surface area contributed by atoms with Crippen LogP contribution in [0, 0.1) is 6.92 Å². The zero-order valence-corrected chi connectivity index (χ0v) is 12.5. The SMILES string of the molecule is Cc1cccc(NC(=O)CN(C)CC2CCCCN2)c1.